The number of anilines is 1. The molecule has 0 amide bonds. The van der Waals surface area contributed by atoms with Crippen LogP contribution < -0.4 is 10.5 Å². The Hall–Kier alpha value is -2.07. The van der Waals surface area contributed by atoms with Crippen molar-refractivity contribution in [2.45, 2.75) is 0 Å². The van der Waals surface area contributed by atoms with Crippen LogP contribution in [0.3, 0.4) is 0 Å². The highest BCUT2D eigenvalue weighted by molar-refractivity contribution is 6.31. The number of pyridine rings is 1. The molecule has 2 rings (SSSR count). The largest absolute Gasteiger partial charge is 0.619 e. The van der Waals surface area contributed by atoms with Crippen molar-refractivity contribution >= 4 is 23.1 Å². The highest BCUT2D eigenvalue weighted by Crippen LogP contribution is 2.20. The van der Waals surface area contributed by atoms with Crippen molar-refractivity contribution in [3.8, 4) is 0 Å². The van der Waals surface area contributed by atoms with E-state index in [1.54, 1.807) is 12.1 Å². The SMILES string of the molecule is Nc1ccc(Cl)cc1C(=O)c1cc[n+]([O-])cc1. The molecule has 17 heavy (non-hydrogen) atoms. The smallest absolute Gasteiger partial charge is 0.195 e. The van der Waals surface area contributed by atoms with Gasteiger partial charge in [0.1, 0.15) is 0 Å². The van der Waals surface area contributed by atoms with Crippen LogP contribution in [0, 0.1) is 5.21 Å². The lowest BCUT2D eigenvalue weighted by molar-refractivity contribution is -0.605. The fourth-order valence-corrected chi connectivity index (χ4v) is 1.62. The molecule has 4 nitrogen and oxygen atoms in total. The van der Waals surface area contributed by atoms with Crippen molar-refractivity contribution in [1.29, 1.82) is 0 Å². The Balaban J connectivity index is 2.43. The molecule has 86 valence electrons. The van der Waals surface area contributed by atoms with E-state index in [1.165, 1.54) is 30.6 Å². The van der Waals surface area contributed by atoms with Crippen molar-refractivity contribution in [2.75, 3.05) is 5.73 Å². The first-order valence-electron chi connectivity index (χ1n) is 4.86. The van der Waals surface area contributed by atoms with Gasteiger partial charge in [-0.05, 0) is 18.2 Å². The van der Waals surface area contributed by atoms with Crippen LogP contribution in [0.4, 0.5) is 5.69 Å². The molecule has 0 aliphatic heterocycles. The minimum atomic E-state index is -0.259. The molecule has 0 fully saturated rings. The van der Waals surface area contributed by atoms with Crippen LogP contribution in [0.25, 0.3) is 0 Å². The highest BCUT2D eigenvalue weighted by atomic mass is 35.5. The van der Waals surface area contributed by atoms with Gasteiger partial charge in [-0.25, -0.2) is 0 Å². The maximum absolute atomic E-state index is 12.1. The summed E-state index contributed by atoms with van der Waals surface area (Å²) >= 11 is 5.81. The number of nitrogens with zero attached hydrogens (tertiary/aromatic N) is 1. The molecule has 2 aromatic rings. The predicted molar refractivity (Wildman–Crippen MR) is 64.7 cm³/mol. The van der Waals surface area contributed by atoms with Gasteiger partial charge in [-0.1, -0.05) is 11.6 Å². The lowest BCUT2D eigenvalue weighted by atomic mass is 10.0. The third kappa shape index (κ3) is 2.37. The van der Waals surface area contributed by atoms with Crippen LogP contribution in [0.1, 0.15) is 15.9 Å². The van der Waals surface area contributed by atoms with E-state index in [1.807, 2.05) is 0 Å². The van der Waals surface area contributed by atoms with Gasteiger partial charge in [0.15, 0.2) is 18.2 Å². The minimum Gasteiger partial charge on any atom is -0.619 e. The van der Waals surface area contributed by atoms with Crippen LogP contribution in [0.15, 0.2) is 42.7 Å². The summed E-state index contributed by atoms with van der Waals surface area (Å²) in [6.07, 6.45) is 2.52. The molecule has 1 aromatic carbocycles. The fourth-order valence-electron chi connectivity index (χ4n) is 1.44. The number of halogens is 1. The number of carbonyl (C=O) groups is 1. The van der Waals surface area contributed by atoms with E-state index < -0.39 is 0 Å². The molecule has 0 saturated heterocycles. The fraction of sp³-hybridized carbons (Fsp3) is 0. The molecular formula is C12H9ClN2O2. The molecule has 0 radical (unpaired) electrons. The Morgan fingerprint density at radius 2 is 1.88 bits per heavy atom. The van der Waals surface area contributed by atoms with E-state index >= 15 is 0 Å². The van der Waals surface area contributed by atoms with Crippen LogP contribution >= 0.6 is 11.6 Å². The van der Waals surface area contributed by atoms with Crippen molar-refractivity contribution in [2.24, 2.45) is 0 Å². The summed E-state index contributed by atoms with van der Waals surface area (Å²) in [4.78, 5) is 12.1. The summed E-state index contributed by atoms with van der Waals surface area (Å²) < 4.78 is 0.609. The standard InChI is InChI=1S/C12H9ClN2O2/c13-9-1-2-11(14)10(7-9)12(16)8-3-5-15(17)6-4-8/h1-7H,14H2. The van der Waals surface area contributed by atoms with Crippen LogP contribution in [0.2, 0.25) is 5.02 Å². The van der Waals surface area contributed by atoms with E-state index in [0.717, 1.165) is 0 Å². The van der Waals surface area contributed by atoms with Gasteiger partial charge in [-0.2, -0.15) is 4.73 Å². The zero-order valence-electron chi connectivity index (χ0n) is 8.76. The van der Waals surface area contributed by atoms with Crippen molar-refractivity contribution in [3.63, 3.8) is 0 Å². The second-order valence-corrected chi connectivity index (χ2v) is 3.94. The number of nitrogen functional groups attached to an aromatic ring is 1. The lowest BCUT2D eigenvalue weighted by Gasteiger charge is -2.05. The van der Waals surface area contributed by atoms with Gasteiger partial charge in [0.25, 0.3) is 0 Å². The van der Waals surface area contributed by atoms with Crippen molar-refractivity contribution < 1.29 is 9.52 Å². The van der Waals surface area contributed by atoms with Gasteiger partial charge < -0.3 is 10.9 Å². The monoisotopic (exact) mass is 248 g/mol. The van der Waals surface area contributed by atoms with E-state index in [9.17, 15) is 10.0 Å². The molecule has 0 spiro atoms. The van der Waals surface area contributed by atoms with E-state index in [4.69, 9.17) is 17.3 Å². The van der Waals surface area contributed by atoms with Gasteiger partial charge in [-0.15, -0.1) is 0 Å². The highest BCUT2D eigenvalue weighted by Gasteiger charge is 2.13. The van der Waals surface area contributed by atoms with Gasteiger partial charge in [0, 0.05) is 34.0 Å². The first-order valence-corrected chi connectivity index (χ1v) is 5.24. The number of aromatic nitrogens is 1. The van der Waals surface area contributed by atoms with Gasteiger partial charge in [-0.3, -0.25) is 4.79 Å². The first-order chi connectivity index (χ1) is 8.08. The Morgan fingerprint density at radius 3 is 2.53 bits per heavy atom. The Morgan fingerprint density at radius 1 is 1.24 bits per heavy atom. The Bertz CT molecular complexity index is 567. The van der Waals surface area contributed by atoms with Crippen molar-refractivity contribution in [1.82, 2.24) is 0 Å². The third-order valence-corrected chi connectivity index (χ3v) is 2.56. The molecule has 0 atom stereocenters. The maximum Gasteiger partial charge on any atom is 0.195 e. The number of ketones is 1. The molecule has 5 heteroatoms. The number of nitrogens with two attached hydrogens (primary N) is 1. The van der Waals surface area contributed by atoms with Gasteiger partial charge in [0.05, 0.1) is 0 Å². The first kappa shape index (κ1) is 11.4. The minimum absolute atomic E-state index is 0.259. The maximum atomic E-state index is 12.1. The van der Waals surface area contributed by atoms with E-state index in [2.05, 4.69) is 0 Å². The third-order valence-electron chi connectivity index (χ3n) is 2.32. The Labute approximate surface area is 103 Å². The average Bonchev–Trinajstić information content (AvgIpc) is 2.32. The summed E-state index contributed by atoms with van der Waals surface area (Å²) in [5.41, 5.74) is 6.80. The number of hydrogen-bond donors (Lipinski definition) is 1. The van der Waals surface area contributed by atoms with E-state index in [-0.39, 0.29) is 5.78 Å². The van der Waals surface area contributed by atoms with Gasteiger partial charge >= 0.3 is 0 Å². The summed E-state index contributed by atoms with van der Waals surface area (Å²) in [7, 11) is 0. The second-order valence-electron chi connectivity index (χ2n) is 3.51. The summed E-state index contributed by atoms with van der Waals surface area (Å²) in [6, 6.07) is 7.58. The summed E-state index contributed by atoms with van der Waals surface area (Å²) in [5, 5.41) is 11.3. The normalized spacial score (nSPS) is 10.2. The molecule has 2 N–H and O–H groups in total. The Kier molecular flexibility index (Phi) is 2.97. The lowest BCUT2D eigenvalue weighted by Crippen LogP contribution is -2.24. The molecule has 1 heterocycles. The molecule has 1 aromatic heterocycles. The zero-order valence-corrected chi connectivity index (χ0v) is 9.52. The molecule has 0 saturated carbocycles. The number of carbonyl (C=O) groups excluding carboxylic acids is 1. The number of rotatable bonds is 2. The predicted octanol–water partition coefficient (Wildman–Crippen LogP) is 1.79. The van der Waals surface area contributed by atoms with E-state index in [0.29, 0.717) is 26.6 Å². The second kappa shape index (κ2) is 4.43. The topological polar surface area (TPSA) is 70.0 Å². The number of benzene rings is 1. The van der Waals surface area contributed by atoms with Crippen LogP contribution in [0.5, 0.6) is 0 Å². The molecular weight excluding hydrogens is 240 g/mol. The zero-order chi connectivity index (χ0) is 12.4. The van der Waals surface area contributed by atoms with Crippen LogP contribution in [-0.2, 0) is 0 Å². The molecule has 0 aliphatic rings. The van der Waals surface area contributed by atoms with Crippen LogP contribution in [-0.4, -0.2) is 5.78 Å². The summed E-state index contributed by atoms with van der Waals surface area (Å²) in [5.74, 6) is -0.259. The quantitative estimate of drug-likeness (QED) is 0.381. The molecule has 0 unspecified atom stereocenters. The van der Waals surface area contributed by atoms with Gasteiger partial charge in [0.2, 0.25) is 0 Å². The van der Waals surface area contributed by atoms with Crippen molar-refractivity contribution in [3.05, 3.63) is 64.1 Å². The summed E-state index contributed by atoms with van der Waals surface area (Å²) in [6.45, 7) is 0. The number of hydrogen-bond acceptors (Lipinski definition) is 3. The average molecular weight is 249 g/mol. The molecule has 0 bridgehead atoms. The molecule has 0 aliphatic carbocycles.